The zero-order valence-electron chi connectivity index (χ0n) is 14.4. The molecule has 9 heteroatoms. The summed E-state index contributed by atoms with van der Waals surface area (Å²) in [5, 5.41) is 11.8. The topological polar surface area (TPSA) is 62.2 Å². The summed E-state index contributed by atoms with van der Waals surface area (Å²) in [5.74, 6) is 0.894. The molecule has 0 aliphatic rings. The minimum Gasteiger partial charge on any atom is -0.506 e. The molecule has 0 radical (unpaired) electrons. The van der Waals surface area contributed by atoms with Gasteiger partial charge in [-0.05, 0) is 54.3 Å². The number of phenols is 1. The van der Waals surface area contributed by atoms with Gasteiger partial charge in [0.1, 0.15) is 11.4 Å². The van der Waals surface area contributed by atoms with Crippen LogP contribution in [0.15, 0.2) is 40.3 Å². The van der Waals surface area contributed by atoms with E-state index in [1.807, 2.05) is 13.0 Å². The largest absolute Gasteiger partial charge is 0.506 e. The van der Waals surface area contributed by atoms with E-state index in [0.717, 1.165) is 22.5 Å². The number of thioether (sulfide) groups is 2. The van der Waals surface area contributed by atoms with Crippen molar-refractivity contribution in [3.05, 3.63) is 41.7 Å². The number of aldehydes is 1. The van der Waals surface area contributed by atoms with Crippen LogP contribution in [0.2, 0.25) is 0 Å². The molecule has 2 N–H and O–H groups in total. The standard InChI is InChI=1S/C9H11NOS.C8H8F3NOS/c1-3-12-9-4-7(2)5-10-8(9)6-11;1-12-6-4-5(2-3-7(6)13)14-8(9,10)11/h4-6H,3H2,1-2H3;2-4,12-13H,1H3. The number of halogens is 3. The minimum atomic E-state index is -4.30. The smallest absolute Gasteiger partial charge is 0.446 e. The van der Waals surface area contributed by atoms with Crippen molar-refractivity contribution in [2.75, 3.05) is 18.1 Å². The van der Waals surface area contributed by atoms with Gasteiger partial charge in [0, 0.05) is 23.0 Å². The fraction of sp³-hybridized carbons (Fsp3) is 0.294. The van der Waals surface area contributed by atoms with Gasteiger partial charge in [-0.2, -0.15) is 13.2 Å². The summed E-state index contributed by atoms with van der Waals surface area (Å²) in [6.45, 7) is 4.03. The number of aryl methyl sites for hydroxylation is 1. The van der Waals surface area contributed by atoms with Crippen molar-refractivity contribution >= 4 is 35.5 Å². The van der Waals surface area contributed by atoms with Crippen molar-refractivity contribution in [2.45, 2.75) is 29.1 Å². The van der Waals surface area contributed by atoms with Gasteiger partial charge in [0.25, 0.3) is 0 Å². The van der Waals surface area contributed by atoms with Gasteiger partial charge < -0.3 is 10.4 Å². The summed E-state index contributed by atoms with van der Waals surface area (Å²) in [5.41, 5.74) is -2.38. The maximum absolute atomic E-state index is 12.0. The molecule has 0 saturated carbocycles. The number of aromatic hydroxyl groups is 1. The predicted molar refractivity (Wildman–Crippen MR) is 100 cm³/mol. The molecule has 4 nitrogen and oxygen atoms in total. The number of hydrogen-bond acceptors (Lipinski definition) is 6. The van der Waals surface area contributed by atoms with Gasteiger partial charge in [-0.25, -0.2) is 0 Å². The zero-order valence-corrected chi connectivity index (χ0v) is 16.1. The van der Waals surface area contributed by atoms with Crippen molar-refractivity contribution in [3.63, 3.8) is 0 Å². The Morgan fingerprint density at radius 2 is 2.00 bits per heavy atom. The second-order valence-corrected chi connectivity index (χ2v) is 7.37. The lowest BCUT2D eigenvalue weighted by molar-refractivity contribution is -0.0328. The average molecular weight is 404 g/mol. The summed E-state index contributed by atoms with van der Waals surface area (Å²) in [6, 6.07) is 5.67. The molecule has 142 valence electrons. The van der Waals surface area contributed by atoms with Crippen LogP contribution in [0.4, 0.5) is 18.9 Å². The number of carbonyl (C=O) groups is 1. The molecule has 1 aromatic carbocycles. The van der Waals surface area contributed by atoms with Crippen LogP contribution in [-0.2, 0) is 0 Å². The van der Waals surface area contributed by atoms with E-state index < -0.39 is 5.51 Å². The molecule has 0 atom stereocenters. The SMILES string of the molecule is CCSc1cc(C)cnc1C=O.CNc1cc(SC(F)(F)F)ccc1O. The summed E-state index contributed by atoms with van der Waals surface area (Å²) in [6.07, 6.45) is 2.51. The third-order valence-corrected chi connectivity index (χ3v) is 4.55. The van der Waals surface area contributed by atoms with E-state index in [1.54, 1.807) is 18.0 Å². The zero-order chi connectivity index (χ0) is 19.7. The second-order valence-electron chi connectivity index (χ2n) is 4.92. The number of aromatic nitrogens is 1. The van der Waals surface area contributed by atoms with Crippen LogP contribution in [0.1, 0.15) is 23.0 Å². The van der Waals surface area contributed by atoms with E-state index in [2.05, 4.69) is 17.2 Å². The highest BCUT2D eigenvalue weighted by molar-refractivity contribution is 8.00. The number of benzene rings is 1. The van der Waals surface area contributed by atoms with Crippen molar-refractivity contribution in [2.24, 2.45) is 0 Å². The molecule has 1 aromatic heterocycles. The molecule has 0 amide bonds. The van der Waals surface area contributed by atoms with Gasteiger partial charge in [0.2, 0.25) is 0 Å². The molecule has 0 aliphatic heterocycles. The van der Waals surface area contributed by atoms with E-state index in [0.29, 0.717) is 5.69 Å². The van der Waals surface area contributed by atoms with Crippen LogP contribution >= 0.6 is 23.5 Å². The second kappa shape index (κ2) is 10.3. The Morgan fingerprint density at radius 3 is 2.54 bits per heavy atom. The molecule has 2 aromatic rings. The predicted octanol–water partition coefficient (Wildman–Crippen LogP) is 5.36. The van der Waals surface area contributed by atoms with Crippen LogP contribution in [0.3, 0.4) is 0 Å². The summed E-state index contributed by atoms with van der Waals surface area (Å²) in [4.78, 5) is 15.6. The monoisotopic (exact) mass is 404 g/mol. The first-order valence-corrected chi connectivity index (χ1v) is 9.31. The van der Waals surface area contributed by atoms with Crippen LogP contribution in [0.5, 0.6) is 5.75 Å². The van der Waals surface area contributed by atoms with Gasteiger partial charge in [0.15, 0.2) is 6.29 Å². The van der Waals surface area contributed by atoms with Crippen molar-refractivity contribution in [1.29, 1.82) is 0 Å². The quantitative estimate of drug-likeness (QED) is 0.397. The van der Waals surface area contributed by atoms with Gasteiger partial charge >= 0.3 is 5.51 Å². The Hall–Kier alpha value is -1.87. The molecule has 0 aliphatic carbocycles. The van der Waals surface area contributed by atoms with Crippen molar-refractivity contribution in [1.82, 2.24) is 4.98 Å². The van der Waals surface area contributed by atoms with Crippen LogP contribution in [-0.4, -0.2) is 34.7 Å². The lowest BCUT2D eigenvalue weighted by Gasteiger charge is -2.08. The summed E-state index contributed by atoms with van der Waals surface area (Å²) < 4.78 is 35.9. The highest BCUT2D eigenvalue weighted by Crippen LogP contribution is 2.39. The highest BCUT2D eigenvalue weighted by atomic mass is 32.2. The maximum Gasteiger partial charge on any atom is 0.446 e. The first-order chi connectivity index (χ1) is 12.2. The van der Waals surface area contributed by atoms with E-state index >= 15 is 0 Å². The number of carbonyl (C=O) groups excluding carboxylic acids is 1. The Kier molecular flexibility index (Phi) is 8.80. The van der Waals surface area contributed by atoms with Crippen LogP contribution in [0.25, 0.3) is 0 Å². The minimum absolute atomic E-state index is 0.0413. The van der Waals surface area contributed by atoms with Crippen LogP contribution < -0.4 is 5.32 Å². The number of phenolic OH excluding ortho intramolecular Hbond substituents is 1. The maximum atomic E-state index is 12.0. The number of anilines is 1. The Bertz CT molecular complexity index is 740. The van der Waals surface area contributed by atoms with E-state index in [-0.39, 0.29) is 28.1 Å². The molecule has 0 bridgehead atoms. The molecule has 0 saturated heterocycles. The number of nitrogens with one attached hydrogen (secondary N) is 1. The van der Waals surface area contributed by atoms with Gasteiger partial charge in [0.05, 0.1) is 5.69 Å². The first kappa shape index (κ1) is 22.2. The third kappa shape index (κ3) is 7.57. The molecule has 0 spiro atoms. The van der Waals surface area contributed by atoms with E-state index in [9.17, 15) is 23.1 Å². The van der Waals surface area contributed by atoms with Crippen molar-refractivity contribution < 1.29 is 23.1 Å². The lowest BCUT2D eigenvalue weighted by Crippen LogP contribution is -1.99. The fourth-order valence-corrected chi connectivity index (χ4v) is 3.23. The Balaban J connectivity index is 0.000000263. The molecular weight excluding hydrogens is 385 g/mol. The molecular formula is C17H19F3N2O2S2. The van der Waals surface area contributed by atoms with Crippen LogP contribution in [0, 0.1) is 6.92 Å². The number of rotatable bonds is 5. The average Bonchev–Trinajstić information content (AvgIpc) is 2.56. The normalized spacial score (nSPS) is 10.7. The van der Waals surface area contributed by atoms with E-state index in [4.69, 9.17) is 0 Å². The van der Waals surface area contributed by atoms with Gasteiger partial charge in [-0.3, -0.25) is 9.78 Å². The molecule has 0 unspecified atom stereocenters. The number of pyridine rings is 1. The number of hydrogen-bond donors (Lipinski definition) is 2. The van der Waals surface area contributed by atoms with Gasteiger partial charge in [-0.1, -0.05) is 6.92 Å². The Morgan fingerprint density at radius 1 is 1.31 bits per heavy atom. The molecule has 1 heterocycles. The van der Waals surface area contributed by atoms with Gasteiger partial charge in [-0.15, -0.1) is 11.8 Å². The number of nitrogens with zero attached hydrogens (tertiary/aromatic N) is 1. The third-order valence-electron chi connectivity index (χ3n) is 2.90. The lowest BCUT2D eigenvalue weighted by atomic mass is 10.3. The summed E-state index contributed by atoms with van der Waals surface area (Å²) in [7, 11) is 1.52. The Labute approximate surface area is 158 Å². The number of alkyl halides is 3. The molecule has 2 rings (SSSR count). The van der Waals surface area contributed by atoms with Crippen molar-refractivity contribution in [3.8, 4) is 5.75 Å². The molecule has 0 fully saturated rings. The molecule has 26 heavy (non-hydrogen) atoms. The highest BCUT2D eigenvalue weighted by Gasteiger charge is 2.29. The van der Waals surface area contributed by atoms with E-state index in [1.165, 1.54) is 25.2 Å². The summed E-state index contributed by atoms with van der Waals surface area (Å²) >= 11 is 1.43. The fourth-order valence-electron chi connectivity index (χ4n) is 1.83. The first-order valence-electron chi connectivity index (χ1n) is 7.51.